The van der Waals surface area contributed by atoms with Crippen molar-refractivity contribution in [1.29, 1.82) is 0 Å². The molecular weight excluding hydrogens is 349 g/mol. The van der Waals surface area contributed by atoms with Gasteiger partial charge in [0.25, 0.3) is 0 Å². The van der Waals surface area contributed by atoms with Gasteiger partial charge in [-0.25, -0.2) is 4.68 Å². The number of fused-ring (bicyclic) bond motifs is 1. The molecule has 3 aromatic rings. The Hall–Kier alpha value is -2.24. The SMILES string of the molecule is O=C1CC(c2c(Cl)cccc2Cl)c2cnn(Cc3ccco3)c2N1. The average molecular weight is 362 g/mol. The minimum absolute atomic E-state index is 0.0929. The quantitative estimate of drug-likeness (QED) is 0.756. The van der Waals surface area contributed by atoms with Crippen molar-refractivity contribution < 1.29 is 9.21 Å². The van der Waals surface area contributed by atoms with Crippen LogP contribution in [0.2, 0.25) is 10.0 Å². The monoisotopic (exact) mass is 361 g/mol. The first-order valence-electron chi connectivity index (χ1n) is 7.45. The van der Waals surface area contributed by atoms with Gasteiger partial charge in [-0.3, -0.25) is 4.79 Å². The molecule has 4 rings (SSSR count). The molecule has 1 N–H and O–H groups in total. The number of benzene rings is 1. The van der Waals surface area contributed by atoms with Crippen LogP contribution in [0.5, 0.6) is 0 Å². The molecule has 1 aliphatic heterocycles. The van der Waals surface area contributed by atoms with Gasteiger partial charge in [0.15, 0.2) is 0 Å². The van der Waals surface area contributed by atoms with E-state index >= 15 is 0 Å². The van der Waals surface area contributed by atoms with Gasteiger partial charge in [-0.2, -0.15) is 5.10 Å². The molecule has 0 saturated carbocycles. The molecule has 0 fully saturated rings. The van der Waals surface area contributed by atoms with Crippen LogP contribution in [0, 0.1) is 0 Å². The van der Waals surface area contributed by atoms with E-state index in [1.807, 2.05) is 12.1 Å². The first kappa shape index (κ1) is 15.3. The van der Waals surface area contributed by atoms with Crippen LogP contribution in [0.25, 0.3) is 0 Å². The van der Waals surface area contributed by atoms with Crippen molar-refractivity contribution in [2.24, 2.45) is 0 Å². The van der Waals surface area contributed by atoms with E-state index in [-0.39, 0.29) is 18.2 Å². The minimum atomic E-state index is -0.222. The fourth-order valence-electron chi connectivity index (χ4n) is 3.04. The van der Waals surface area contributed by atoms with Crippen molar-refractivity contribution in [3.63, 3.8) is 0 Å². The molecule has 1 amide bonds. The summed E-state index contributed by atoms with van der Waals surface area (Å²) in [6.07, 6.45) is 3.64. The Labute approximate surface area is 148 Å². The lowest BCUT2D eigenvalue weighted by Gasteiger charge is -2.25. The van der Waals surface area contributed by atoms with Crippen molar-refractivity contribution in [1.82, 2.24) is 9.78 Å². The number of hydrogen-bond donors (Lipinski definition) is 1. The number of furan rings is 1. The number of nitrogens with zero attached hydrogens (tertiary/aromatic N) is 2. The van der Waals surface area contributed by atoms with Crippen molar-refractivity contribution in [2.75, 3.05) is 5.32 Å². The first-order chi connectivity index (χ1) is 11.6. The van der Waals surface area contributed by atoms with E-state index in [1.165, 1.54) is 0 Å². The number of rotatable bonds is 3. The van der Waals surface area contributed by atoms with Gasteiger partial charge in [-0.15, -0.1) is 0 Å². The zero-order valence-corrected chi connectivity index (χ0v) is 14.0. The lowest BCUT2D eigenvalue weighted by atomic mass is 9.87. The highest BCUT2D eigenvalue weighted by Crippen LogP contribution is 2.42. The Balaban J connectivity index is 1.78. The molecule has 24 heavy (non-hydrogen) atoms. The molecule has 2 aromatic heterocycles. The predicted octanol–water partition coefficient (Wildman–Crippen LogP) is 4.31. The molecule has 0 spiro atoms. The number of aromatic nitrogens is 2. The van der Waals surface area contributed by atoms with Crippen molar-refractivity contribution in [3.8, 4) is 0 Å². The van der Waals surface area contributed by atoms with Gasteiger partial charge in [0, 0.05) is 27.9 Å². The Morgan fingerprint density at radius 1 is 1.25 bits per heavy atom. The normalized spacial score (nSPS) is 16.8. The lowest BCUT2D eigenvalue weighted by Crippen LogP contribution is -2.25. The number of halogens is 2. The third-order valence-electron chi connectivity index (χ3n) is 4.12. The van der Waals surface area contributed by atoms with Gasteiger partial charge in [0.2, 0.25) is 5.91 Å². The fourth-order valence-corrected chi connectivity index (χ4v) is 3.70. The number of amides is 1. The standard InChI is InChI=1S/C17H13Cl2N3O2/c18-13-4-1-5-14(19)16(13)11-7-15(23)21-17-12(11)8-20-22(17)9-10-3-2-6-24-10/h1-6,8,11H,7,9H2,(H,21,23). The van der Waals surface area contributed by atoms with Gasteiger partial charge in [0.1, 0.15) is 18.1 Å². The molecule has 3 heterocycles. The van der Waals surface area contributed by atoms with E-state index < -0.39 is 0 Å². The second-order valence-electron chi connectivity index (χ2n) is 5.63. The third-order valence-corrected chi connectivity index (χ3v) is 4.78. The summed E-state index contributed by atoms with van der Waals surface area (Å²) in [6, 6.07) is 9.03. The summed E-state index contributed by atoms with van der Waals surface area (Å²) in [5.41, 5.74) is 1.66. The lowest BCUT2D eigenvalue weighted by molar-refractivity contribution is -0.116. The fraction of sp³-hybridized carbons (Fsp3) is 0.176. The molecule has 0 radical (unpaired) electrons. The Bertz CT molecular complexity index is 882. The number of anilines is 1. The van der Waals surface area contributed by atoms with Gasteiger partial charge in [0.05, 0.1) is 12.5 Å². The van der Waals surface area contributed by atoms with E-state index in [1.54, 1.807) is 35.3 Å². The topological polar surface area (TPSA) is 60.1 Å². The number of nitrogens with one attached hydrogen (secondary N) is 1. The highest BCUT2D eigenvalue weighted by atomic mass is 35.5. The zero-order valence-electron chi connectivity index (χ0n) is 12.5. The highest BCUT2D eigenvalue weighted by molar-refractivity contribution is 6.36. The predicted molar refractivity (Wildman–Crippen MR) is 91.6 cm³/mol. The van der Waals surface area contributed by atoms with Gasteiger partial charge in [-0.05, 0) is 29.8 Å². The van der Waals surface area contributed by atoms with Gasteiger partial charge >= 0.3 is 0 Å². The second-order valence-corrected chi connectivity index (χ2v) is 6.44. The largest absolute Gasteiger partial charge is 0.467 e. The second kappa shape index (κ2) is 6.00. The molecule has 0 saturated heterocycles. The average Bonchev–Trinajstić information content (AvgIpc) is 3.18. The Morgan fingerprint density at radius 3 is 2.75 bits per heavy atom. The number of hydrogen-bond acceptors (Lipinski definition) is 3. The maximum absolute atomic E-state index is 12.2. The highest BCUT2D eigenvalue weighted by Gasteiger charge is 2.32. The van der Waals surface area contributed by atoms with Gasteiger partial charge < -0.3 is 9.73 Å². The molecule has 1 aliphatic rings. The summed E-state index contributed by atoms with van der Waals surface area (Å²) in [4.78, 5) is 12.2. The summed E-state index contributed by atoms with van der Waals surface area (Å²) in [7, 11) is 0. The van der Waals surface area contributed by atoms with Crippen LogP contribution < -0.4 is 5.32 Å². The molecule has 122 valence electrons. The van der Waals surface area contributed by atoms with Crippen LogP contribution in [-0.2, 0) is 11.3 Å². The Morgan fingerprint density at radius 2 is 2.04 bits per heavy atom. The zero-order chi connectivity index (χ0) is 16.7. The number of carbonyl (C=O) groups is 1. The smallest absolute Gasteiger partial charge is 0.226 e. The summed E-state index contributed by atoms with van der Waals surface area (Å²) >= 11 is 12.7. The minimum Gasteiger partial charge on any atom is -0.467 e. The Kier molecular flexibility index (Phi) is 3.82. The van der Waals surface area contributed by atoms with Crippen LogP contribution in [0.1, 0.15) is 29.2 Å². The van der Waals surface area contributed by atoms with Crippen molar-refractivity contribution in [3.05, 3.63) is 69.7 Å². The molecular formula is C17H13Cl2N3O2. The summed E-state index contributed by atoms with van der Waals surface area (Å²) in [6.45, 7) is 0.436. The van der Waals surface area contributed by atoms with Crippen LogP contribution in [0.4, 0.5) is 5.82 Å². The molecule has 5 nitrogen and oxygen atoms in total. The summed E-state index contributed by atoms with van der Waals surface area (Å²) in [5, 5.41) is 8.39. The molecule has 1 aromatic carbocycles. The van der Waals surface area contributed by atoms with Crippen LogP contribution in [0.3, 0.4) is 0 Å². The maximum atomic E-state index is 12.2. The van der Waals surface area contributed by atoms with E-state index in [4.69, 9.17) is 27.6 Å². The van der Waals surface area contributed by atoms with E-state index in [0.717, 1.165) is 16.9 Å². The summed E-state index contributed by atoms with van der Waals surface area (Å²) in [5.74, 6) is 1.10. The van der Waals surface area contributed by atoms with E-state index in [2.05, 4.69) is 10.4 Å². The maximum Gasteiger partial charge on any atom is 0.226 e. The molecule has 1 unspecified atom stereocenters. The first-order valence-corrected chi connectivity index (χ1v) is 8.21. The van der Waals surface area contributed by atoms with Crippen LogP contribution in [-0.4, -0.2) is 15.7 Å². The van der Waals surface area contributed by atoms with E-state index in [0.29, 0.717) is 22.4 Å². The summed E-state index contributed by atoms with van der Waals surface area (Å²) < 4.78 is 7.07. The van der Waals surface area contributed by atoms with Crippen molar-refractivity contribution in [2.45, 2.75) is 18.9 Å². The molecule has 0 bridgehead atoms. The van der Waals surface area contributed by atoms with Crippen LogP contribution in [0.15, 0.2) is 47.2 Å². The van der Waals surface area contributed by atoms with Crippen molar-refractivity contribution >= 4 is 34.9 Å². The molecule has 7 heteroatoms. The number of carbonyl (C=O) groups excluding carboxylic acids is 1. The molecule has 0 aliphatic carbocycles. The van der Waals surface area contributed by atoms with E-state index in [9.17, 15) is 4.79 Å². The third kappa shape index (κ3) is 2.60. The molecule has 1 atom stereocenters. The van der Waals surface area contributed by atoms with Crippen LogP contribution >= 0.6 is 23.2 Å². The van der Waals surface area contributed by atoms with Gasteiger partial charge in [-0.1, -0.05) is 29.3 Å².